The predicted octanol–water partition coefficient (Wildman–Crippen LogP) is 4.97. The lowest BCUT2D eigenvalue weighted by Crippen LogP contribution is -2.38. The number of aryl methyl sites for hydroxylation is 3. The number of nitrogens with one attached hydrogen (secondary N) is 1. The monoisotopic (exact) mass is 421 g/mol. The van der Waals surface area contributed by atoms with E-state index in [1.54, 1.807) is 5.51 Å². The van der Waals surface area contributed by atoms with Gasteiger partial charge in [-0.1, -0.05) is 12.1 Å². The molecular formula is C22H23N5O2S. The molecule has 1 amide bonds. The third-order valence-electron chi connectivity index (χ3n) is 6.00. The maximum atomic E-state index is 13.6. The number of H-pyrrole nitrogens is 1. The molecule has 8 heteroatoms. The van der Waals surface area contributed by atoms with Crippen LogP contribution in [0.25, 0.3) is 21.7 Å². The van der Waals surface area contributed by atoms with Crippen molar-refractivity contribution < 1.29 is 9.21 Å². The Morgan fingerprint density at radius 1 is 1.23 bits per heavy atom. The van der Waals surface area contributed by atoms with Gasteiger partial charge in [0.15, 0.2) is 0 Å². The lowest BCUT2D eigenvalue weighted by Gasteiger charge is -2.33. The number of rotatable bonds is 3. The van der Waals surface area contributed by atoms with Gasteiger partial charge in [0.1, 0.15) is 10.9 Å². The van der Waals surface area contributed by atoms with Crippen molar-refractivity contribution in [1.82, 2.24) is 25.1 Å². The number of benzene rings is 1. The Hall–Kier alpha value is -3.00. The summed E-state index contributed by atoms with van der Waals surface area (Å²) in [6.07, 6.45) is 2.81. The largest absolute Gasteiger partial charge is 0.418 e. The van der Waals surface area contributed by atoms with Gasteiger partial charge in [-0.3, -0.25) is 4.79 Å². The first-order valence-electron chi connectivity index (χ1n) is 10.2. The lowest BCUT2D eigenvalue weighted by molar-refractivity contribution is 0.0574. The molecule has 0 saturated carbocycles. The third kappa shape index (κ3) is 3.02. The van der Waals surface area contributed by atoms with Crippen LogP contribution in [0.15, 0.2) is 28.1 Å². The predicted molar refractivity (Wildman–Crippen MR) is 116 cm³/mol. The van der Waals surface area contributed by atoms with E-state index in [0.29, 0.717) is 23.9 Å². The molecule has 30 heavy (non-hydrogen) atoms. The van der Waals surface area contributed by atoms with E-state index in [1.807, 2.05) is 30.9 Å². The molecule has 4 heterocycles. The van der Waals surface area contributed by atoms with Gasteiger partial charge in [0.05, 0.1) is 22.3 Å². The summed E-state index contributed by atoms with van der Waals surface area (Å²) in [6, 6.07) is 5.69. The van der Waals surface area contributed by atoms with Gasteiger partial charge in [-0.25, -0.2) is 4.98 Å². The summed E-state index contributed by atoms with van der Waals surface area (Å²) in [6.45, 7) is 6.71. The number of piperidine rings is 1. The highest BCUT2D eigenvalue weighted by molar-refractivity contribution is 7.13. The number of para-hydroxylation sites is 1. The van der Waals surface area contributed by atoms with E-state index in [-0.39, 0.29) is 11.9 Å². The van der Waals surface area contributed by atoms with Gasteiger partial charge in [0.2, 0.25) is 5.89 Å². The Kier molecular flexibility index (Phi) is 4.66. The number of fused-ring (bicyclic) bond motifs is 1. The Bertz CT molecular complexity index is 1240. The van der Waals surface area contributed by atoms with Crippen LogP contribution in [-0.2, 0) is 0 Å². The number of carbonyl (C=O) groups is 1. The average molecular weight is 422 g/mol. The molecule has 7 nitrogen and oxygen atoms in total. The number of nitrogens with zero attached hydrogens (tertiary/aromatic N) is 4. The zero-order valence-corrected chi connectivity index (χ0v) is 18.0. The first-order valence-corrected chi connectivity index (χ1v) is 11.0. The van der Waals surface area contributed by atoms with Gasteiger partial charge in [-0.2, -0.15) is 0 Å². The molecule has 1 aliphatic rings. The minimum Gasteiger partial charge on any atom is -0.418 e. The Balaban J connectivity index is 1.51. The third-order valence-corrected chi connectivity index (χ3v) is 6.92. The zero-order chi connectivity index (χ0) is 20.8. The standard InChI is InChI=1S/C22H23N5O2S/c1-12-13(2)24-18-15(12)7-6-8-16(18)22(28)27-10-5-4-9-17(27)20-25-26-21(29-20)19-14(3)23-11-30-19/h6-8,11,17,24H,4-5,9-10H2,1-3H3/t17-/m1/s1. The van der Waals surface area contributed by atoms with Crippen LogP contribution in [0, 0.1) is 20.8 Å². The Labute approximate surface area is 178 Å². The fourth-order valence-electron chi connectivity index (χ4n) is 4.22. The van der Waals surface area contributed by atoms with Crippen LogP contribution in [0.2, 0.25) is 0 Å². The number of aromatic nitrogens is 4. The van der Waals surface area contributed by atoms with Crippen molar-refractivity contribution in [3.8, 4) is 10.8 Å². The van der Waals surface area contributed by atoms with E-state index in [4.69, 9.17) is 4.42 Å². The molecule has 0 bridgehead atoms. The van der Waals surface area contributed by atoms with Crippen molar-refractivity contribution in [3.63, 3.8) is 0 Å². The topological polar surface area (TPSA) is 87.9 Å². The van der Waals surface area contributed by atoms with E-state index >= 15 is 0 Å². The molecule has 154 valence electrons. The summed E-state index contributed by atoms with van der Waals surface area (Å²) >= 11 is 1.48. The van der Waals surface area contributed by atoms with Gasteiger partial charge in [0, 0.05) is 17.6 Å². The first kappa shape index (κ1) is 19.0. The van der Waals surface area contributed by atoms with Gasteiger partial charge in [-0.05, 0) is 51.7 Å². The van der Waals surface area contributed by atoms with Crippen molar-refractivity contribution in [2.75, 3.05) is 6.54 Å². The highest BCUT2D eigenvalue weighted by atomic mass is 32.1. The van der Waals surface area contributed by atoms with Crippen LogP contribution in [0.4, 0.5) is 0 Å². The molecule has 1 saturated heterocycles. The first-order chi connectivity index (χ1) is 14.5. The smallest absolute Gasteiger partial charge is 0.259 e. The minimum absolute atomic E-state index is 0.000251. The highest BCUT2D eigenvalue weighted by Gasteiger charge is 2.33. The fourth-order valence-corrected chi connectivity index (χ4v) is 4.94. The molecule has 1 N–H and O–H groups in total. The molecule has 5 rings (SSSR count). The molecule has 1 aromatic carbocycles. The van der Waals surface area contributed by atoms with Crippen LogP contribution in [0.1, 0.15) is 58.5 Å². The molecule has 3 aromatic heterocycles. The minimum atomic E-state index is -0.215. The molecule has 1 atom stereocenters. The quantitative estimate of drug-likeness (QED) is 0.505. The molecule has 1 fully saturated rings. The molecule has 4 aromatic rings. The maximum absolute atomic E-state index is 13.6. The van der Waals surface area contributed by atoms with Crippen LogP contribution in [0.5, 0.6) is 0 Å². The maximum Gasteiger partial charge on any atom is 0.259 e. The summed E-state index contributed by atoms with van der Waals surface area (Å²) in [5.41, 5.74) is 6.49. The normalized spacial score (nSPS) is 17.0. The van der Waals surface area contributed by atoms with Gasteiger partial charge < -0.3 is 14.3 Å². The molecule has 0 aliphatic carbocycles. The molecule has 0 spiro atoms. The van der Waals surface area contributed by atoms with Crippen molar-refractivity contribution >= 4 is 28.1 Å². The molecule has 0 unspecified atom stereocenters. The van der Waals surface area contributed by atoms with Crippen LogP contribution < -0.4 is 0 Å². The zero-order valence-electron chi connectivity index (χ0n) is 17.2. The van der Waals surface area contributed by atoms with E-state index < -0.39 is 0 Å². The number of carbonyl (C=O) groups excluding carboxylic acids is 1. The average Bonchev–Trinajstić information content (AvgIpc) is 3.47. The van der Waals surface area contributed by atoms with Crippen molar-refractivity contribution in [1.29, 1.82) is 0 Å². The second-order valence-corrected chi connectivity index (χ2v) is 8.68. The molecule has 1 aliphatic heterocycles. The summed E-state index contributed by atoms with van der Waals surface area (Å²) < 4.78 is 6.02. The van der Waals surface area contributed by atoms with Crippen molar-refractivity contribution in [2.45, 2.75) is 46.1 Å². The van der Waals surface area contributed by atoms with Crippen molar-refractivity contribution in [2.24, 2.45) is 0 Å². The van der Waals surface area contributed by atoms with E-state index in [2.05, 4.69) is 33.2 Å². The number of hydrogen-bond acceptors (Lipinski definition) is 6. The summed E-state index contributed by atoms with van der Waals surface area (Å²) in [5.74, 6) is 0.970. The number of thiazole rings is 1. The van der Waals surface area contributed by atoms with Crippen LogP contribution in [0.3, 0.4) is 0 Å². The number of hydrogen-bond donors (Lipinski definition) is 1. The number of aromatic amines is 1. The summed E-state index contributed by atoms with van der Waals surface area (Å²) in [7, 11) is 0. The van der Waals surface area contributed by atoms with Gasteiger partial charge in [0.25, 0.3) is 11.8 Å². The SMILES string of the molecule is Cc1ncsc1-c1nnc([C@H]2CCCCN2C(=O)c2cccc3c(C)c(C)[nH]c23)o1. The number of amides is 1. The second-order valence-electron chi connectivity index (χ2n) is 7.83. The van der Waals surface area contributed by atoms with Crippen LogP contribution in [-0.4, -0.2) is 37.5 Å². The van der Waals surface area contributed by atoms with E-state index in [9.17, 15) is 4.79 Å². The van der Waals surface area contributed by atoms with Crippen LogP contribution >= 0.6 is 11.3 Å². The molecular weight excluding hydrogens is 398 g/mol. The highest BCUT2D eigenvalue weighted by Crippen LogP contribution is 2.35. The number of likely N-dealkylation sites (tertiary alicyclic amines) is 1. The molecule has 0 radical (unpaired) electrons. The van der Waals surface area contributed by atoms with Gasteiger partial charge >= 0.3 is 0 Å². The fraction of sp³-hybridized carbons (Fsp3) is 0.364. The summed E-state index contributed by atoms with van der Waals surface area (Å²) in [5, 5.41) is 9.63. The summed E-state index contributed by atoms with van der Waals surface area (Å²) in [4.78, 5) is 24.0. The Morgan fingerprint density at radius 2 is 2.10 bits per heavy atom. The Morgan fingerprint density at radius 3 is 2.90 bits per heavy atom. The van der Waals surface area contributed by atoms with Crippen molar-refractivity contribution in [3.05, 3.63) is 52.1 Å². The van der Waals surface area contributed by atoms with E-state index in [1.165, 1.54) is 16.9 Å². The second kappa shape index (κ2) is 7.36. The van der Waals surface area contributed by atoms with E-state index in [0.717, 1.165) is 46.4 Å². The van der Waals surface area contributed by atoms with Gasteiger partial charge in [-0.15, -0.1) is 21.5 Å². The lowest BCUT2D eigenvalue weighted by atomic mass is 10.00.